The van der Waals surface area contributed by atoms with Gasteiger partial charge in [0, 0.05) is 6.54 Å². The molecule has 0 aliphatic heterocycles. The molecule has 0 aliphatic carbocycles. The highest BCUT2D eigenvalue weighted by atomic mass is 16.5. The Kier molecular flexibility index (Phi) is 5.20. The van der Waals surface area contributed by atoms with E-state index in [1.807, 2.05) is 32.0 Å². The number of nitrogens with one attached hydrogen (secondary N) is 1. The minimum absolute atomic E-state index is 0.281. The summed E-state index contributed by atoms with van der Waals surface area (Å²) in [6, 6.07) is 5.92. The SMILES string of the molecule is CCOc1ccc(CCNC(=O)C=O)cc1C. The number of ether oxygens (including phenoxy) is 1. The third kappa shape index (κ3) is 4.26. The molecule has 92 valence electrons. The van der Waals surface area contributed by atoms with E-state index >= 15 is 0 Å². The van der Waals surface area contributed by atoms with E-state index in [2.05, 4.69) is 5.32 Å². The number of rotatable bonds is 6. The molecular formula is C13H17NO3. The summed E-state index contributed by atoms with van der Waals surface area (Å²) in [7, 11) is 0. The van der Waals surface area contributed by atoms with Crippen LogP contribution in [0.2, 0.25) is 0 Å². The molecule has 4 nitrogen and oxygen atoms in total. The van der Waals surface area contributed by atoms with Crippen molar-refractivity contribution >= 4 is 12.2 Å². The molecule has 0 atom stereocenters. The highest BCUT2D eigenvalue weighted by molar-refractivity contribution is 6.23. The minimum atomic E-state index is -0.576. The Morgan fingerprint density at radius 3 is 2.82 bits per heavy atom. The second kappa shape index (κ2) is 6.68. The molecule has 1 rings (SSSR count). The molecule has 0 aliphatic rings. The van der Waals surface area contributed by atoms with Crippen molar-refractivity contribution in [2.75, 3.05) is 13.2 Å². The van der Waals surface area contributed by atoms with Gasteiger partial charge in [0.15, 0.2) is 0 Å². The Morgan fingerprint density at radius 2 is 2.24 bits per heavy atom. The molecule has 1 aromatic rings. The molecule has 1 amide bonds. The first kappa shape index (κ1) is 13.2. The van der Waals surface area contributed by atoms with Crippen LogP contribution in [0.4, 0.5) is 0 Å². The van der Waals surface area contributed by atoms with E-state index in [4.69, 9.17) is 4.74 Å². The molecule has 17 heavy (non-hydrogen) atoms. The second-order valence-electron chi connectivity index (χ2n) is 3.69. The first-order valence-corrected chi connectivity index (χ1v) is 5.62. The standard InChI is InChI=1S/C13H17NO3/c1-3-17-12-5-4-11(8-10(12)2)6-7-14-13(16)9-15/h4-5,8-9H,3,6-7H2,1-2H3,(H,14,16). The lowest BCUT2D eigenvalue weighted by molar-refractivity contribution is -0.131. The number of hydrogen-bond acceptors (Lipinski definition) is 3. The number of aldehydes is 1. The van der Waals surface area contributed by atoms with E-state index < -0.39 is 5.91 Å². The predicted molar refractivity (Wildman–Crippen MR) is 65.1 cm³/mol. The van der Waals surface area contributed by atoms with Crippen LogP contribution < -0.4 is 10.1 Å². The summed E-state index contributed by atoms with van der Waals surface area (Å²) >= 11 is 0. The van der Waals surface area contributed by atoms with Gasteiger partial charge in [0.1, 0.15) is 5.75 Å². The van der Waals surface area contributed by atoms with Crippen LogP contribution in [0.15, 0.2) is 18.2 Å². The number of benzene rings is 1. The molecule has 0 spiro atoms. The van der Waals surface area contributed by atoms with Crippen LogP contribution in [0.1, 0.15) is 18.1 Å². The van der Waals surface area contributed by atoms with Gasteiger partial charge in [0.05, 0.1) is 6.61 Å². The number of amides is 1. The quantitative estimate of drug-likeness (QED) is 0.596. The van der Waals surface area contributed by atoms with Gasteiger partial charge in [-0.2, -0.15) is 0 Å². The molecule has 0 unspecified atom stereocenters. The summed E-state index contributed by atoms with van der Waals surface area (Å²) < 4.78 is 5.44. The number of aryl methyl sites for hydroxylation is 1. The topological polar surface area (TPSA) is 55.4 Å². The highest BCUT2D eigenvalue weighted by Crippen LogP contribution is 2.19. The van der Waals surface area contributed by atoms with Crippen molar-refractivity contribution in [3.8, 4) is 5.75 Å². The first-order valence-electron chi connectivity index (χ1n) is 5.62. The smallest absolute Gasteiger partial charge is 0.284 e. The van der Waals surface area contributed by atoms with Gasteiger partial charge < -0.3 is 10.1 Å². The zero-order valence-electron chi connectivity index (χ0n) is 10.2. The molecule has 0 bridgehead atoms. The maximum atomic E-state index is 10.7. The van der Waals surface area contributed by atoms with Crippen molar-refractivity contribution < 1.29 is 14.3 Å². The third-order valence-corrected chi connectivity index (χ3v) is 2.36. The molecule has 0 radical (unpaired) electrons. The van der Waals surface area contributed by atoms with Crippen LogP contribution in [-0.4, -0.2) is 25.3 Å². The van der Waals surface area contributed by atoms with Gasteiger partial charge in [0.2, 0.25) is 6.29 Å². The first-order chi connectivity index (χ1) is 8.17. The van der Waals surface area contributed by atoms with Crippen molar-refractivity contribution in [2.45, 2.75) is 20.3 Å². The molecular weight excluding hydrogens is 218 g/mol. The number of hydrogen-bond donors (Lipinski definition) is 1. The molecule has 0 fully saturated rings. The normalized spacial score (nSPS) is 9.76. The Hall–Kier alpha value is -1.84. The molecule has 0 aromatic heterocycles. The van der Waals surface area contributed by atoms with Crippen LogP contribution in [0.25, 0.3) is 0 Å². The van der Waals surface area contributed by atoms with Crippen LogP contribution >= 0.6 is 0 Å². The highest BCUT2D eigenvalue weighted by Gasteiger charge is 2.01. The Labute approximate surface area is 101 Å². The van der Waals surface area contributed by atoms with Gasteiger partial charge >= 0.3 is 0 Å². The number of carbonyl (C=O) groups excluding carboxylic acids is 2. The van der Waals surface area contributed by atoms with E-state index in [0.29, 0.717) is 19.6 Å². The van der Waals surface area contributed by atoms with Gasteiger partial charge in [-0.15, -0.1) is 0 Å². The van der Waals surface area contributed by atoms with E-state index in [-0.39, 0.29) is 6.29 Å². The van der Waals surface area contributed by atoms with E-state index in [0.717, 1.165) is 16.9 Å². The minimum Gasteiger partial charge on any atom is -0.494 e. The van der Waals surface area contributed by atoms with Gasteiger partial charge in [-0.1, -0.05) is 12.1 Å². The third-order valence-electron chi connectivity index (χ3n) is 2.36. The van der Waals surface area contributed by atoms with E-state index in [1.54, 1.807) is 0 Å². The van der Waals surface area contributed by atoms with Gasteiger partial charge in [0.25, 0.3) is 5.91 Å². The van der Waals surface area contributed by atoms with Crippen molar-refractivity contribution in [3.05, 3.63) is 29.3 Å². The monoisotopic (exact) mass is 235 g/mol. The average molecular weight is 235 g/mol. The van der Waals surface area contributed by atoms with Crippen molar-refractivity contribution in [2.24, 2.45) is 0 Å². The van der Waals surface area contributed by atoms with Gasteiger partial charge in [-0.25, -0.2) is 0 Å². The molecule has 4 heteroatoms. The zero-order valence-corrected chi connectivity index (χ0v) is 10.2. The lowest BCUT2D eigenvalue weighted by atomic mass is 10.1. The molecule has 0 saturated heterocycles. The Morgan fingerprint density at radius 1 is 1.47 bits per heavy atom. The average Bonchev–Trinajstić information content (AvgIpc) is 2.32. The van der Waals surface area contributed by atoms with Crippen molar-refractivity contribution in [1.29, 1.82) is 0 Å². The summed E-state index contributed by atoms with van der Waals surface area (Å²) in [5, 5.41) is 2.50. The molecule has 0 saturated carbocycles. The summed E-state index contributed by atoms with van der Waals surface area (Å²) in [5.41, 5.74) is 2.18. The fourth-order valence-electron chi connectivity index (χ4n) is 1.56. The molecule has 1 N–H and O–H groups in total. The Balaban J connectivity index is 2.52. The molecule has 0 heterocycles. The predicted octanol–water partition coefficient (Wildman–Crippen LogP) is 1.25. The summed E-state index contributed by atoms with van der Waals surface area (Å²) in [6.07, 6.45) is 0.982. The van der Waals surface area contributed by atoms with Crippen LogP contribution in [0.3, 0.4) is 0 Å². The van der Waals surface area contributed by atoms with Crippen LogP contribution in [-0.2, 0) is 16.0 Å². The summed E-state index contributed by atoms with van der Waals surface area (Å²) in [5.74, 6) is 0.306. The largest absolute Gasteiger partial charge is 0.494 e. The lowest BCUT2D eigenvalue weighted by Gasteiger charge is -2.09. The van der Waals surface area contributed by atoms with Crippen molar-refractivity contribution in [3.63, 3.8) is 0 Å². The summed E-state index contributed by atoms with van der Waals surface area (Å²) in [4.78, 5) is 20.8. The fraction of sp³-hybridized carbons (Fsp3) is 0.385. The van der Waals surface area contributed by atoms with Gasteiger partial charge in [-0.05, 0) is 37.5 Å². The summed E-state index contributed by atoms with van der Waals surface area (Å²) in [6.45, 7) is 5.04. The van der Waals surface area contributed by atoms with E-state index in [9.17, 15) is 9.59 Å². The van der Waals surface area contributed by atoms with Gasteiger partial charge in [-0.3, -0.25) is 9.59 Å². The lowest BCUT2D eigenvalue weighted by Crippen LogP contribution is -2.26. The number of carbonyl (C=O) groups is 2. The van der Waals surface area contributed by atoms with Crippen molar-refractivity contribution in [1.82, 2.24) is 5.32 Å². The van der Waals surface area contributed by atoms with Crippen LogP contribution in [0.5, 0.6) is 5.75 Å². The maximum Gasteiger partial charge on any atom is 0.284 e. The zero-order chi connectivity index (χ0) is 12.7. The fourth-order valence-corrected chi connectivity index (χ4v) is 1.56. The van der Waals surface area contributed by atoms with Crippen LogP contribution in [0, 0.1) is 6.92 Å². The second-order valence-corrected chi connectivity index (χ2v) is 3.69. The Bertz CT molecular complexity index is 402. The maximum absolute atomic E-state index is 10.7. The van der Waals surface area contributed by atoms with E-state index in [1.165, 1.54) is 0 Å². The molecule has 1 aromatic carbocycles.